The second kappa shape index (κ2) is 12.9. The highest BCUT2D eigenvalue weighted by molar-refractivity contribution is 7.90. The first-order valence-electron chi connectivity index (χ1n) is 12.7. The van der Waals surface area contributed by atoms with Crippen molar-refractivity contribution in [2.75, 3.05) is 31.8 Å². The summed E-state index contributed by atoms with van der Waals surface area (Å²) in [5.41, 5.74) is -0.724. The second-order valence-electron chi connectivity index (χ2n) is 9.98. The Morgan fingerprint density at radius 2 is 1.44 bits per heavy atom. The predicted octanol–water partition coefficient (Wildman–Crippen LogP) is 5.30. The molecule has 1 amide bonds. The number of hydrogen-bond donors (Lipinski definition) is 3. The number of hydrogen-bond acceptors (Lipinski definition) is 6. The number of methoxy groups -OCH3 is 1. The van der Waals surface area contributed by atoms with Gasteiger partial charge in [-0.2, -0.15) is 13.2 Å². The van der Waals surface area contributed by atoms with Crippen LogP contribution in [0.3, 0.4) is 0 Å². The minimum absolute atomic E-state index is 0.0225. The Bertz CT molecular complexity index is 1420. The normalized spacial score (nSPS) is 13.8. The minimum Gasteiger partial charge on any atom is -0.495 e. The first-order valence-corrected chi connectivity index (χ1v) is 14.6. The Kier molecular flexibility index (Phi) is 10.0. The van der Waals surface area contributed by atoms with Crippen molar-refractivity contribution in [3.63, 3.8) is 0 Å². The molecule has 2 unspecified atom stereocenters. The second-order valence-corrected chi connectivity index (χ2v) is 12.0. The van der Waals surface area contributed by atoms with E-state index < -0.39 is 39.7 Å². The summed E-state index contributed by atoms with van der Waals surface area (Å²) in [6.45, 7) is 2.32. The fourth-order valence-corrected chi connectivity index (χ4v) is 4.80. The van der Waals surface area contributed by atoms with E-state index in [4.69, 9.17) is 4.74 Å². The van der Waals surface area contributed by atoms with Crippen molar-refractivity contribution in [1.29, 1.82) is 0 Å². The molecular weight excluding hydrogens is 562 g/mol. The molecule has 0 spiro atoms. The van der Waals surface area contributed by atoms with Crippen molar-refractivity contribution in [2.24, 2.45) is 0 Å². The van der Waals surface area contributed by atoms with E-state index in [1.807, 2.05) is 0 Å². The average Bonchev–Trinajstić information content (AvgIpc) is 2.90. The number of ether oxygens (including phenoxy) is 1. The lowest BCUT2D eigenvalue weighted by Gasteiger charge is -2.32. The van der Waals surface area contributed by atoms with Gasteiger partial charge in [0.25, 0.3) is 0 Å². The standard InChI is InChI=1S/C29H33F4N3O4S/c1-28(2,30)26(27(37)35-18-17-34-23-7-5-6-8-24(23)40-3)36-25(29(31,32)33)21-11-9-19(10-12-21)20-13-15-22(16-14-20)41(4,38)39/h5-16,25-26,34,36H,17-18H2,1-4H3,(H,35,37). The van der Waals surface area contributed by atoms with E-state index in [9.17, 15) is 26.4 Å². The molecule has 222 valence electrons. The van der Waals surface area contributed by atoms with Gasteiger partial charge in [0.2, 0.25) is 5.91 Å². The van der Waals surface area contributed by atoms with Crippen molar-refractivity contribution >= 4 is 21.4 Å². The monoisotopic (exact) mass is 595 g/mol. The molecule has 0 saturated carbocycles. The molecular formula is C29H33F4N3O4S. The van der Waals surface area contributed by atoms with Gasteiger partial charge in [0, 0.05) is 19.3 Å². The lowest BCUT2D eigenvalue weighted by atomic mass is 9.95. The van der Waals surface area contributed by atoms with Crippen LogP contribution in [-0.4, -0.2) is 58.7 Å². The summed E-state index contributed by atoms with van der Waals surface area (Å²) in [5, 5.41) is 7.74. The molecule has 2 atom stereocenters. The van der Waals surface area contributed by atoms with Gasteiger partial charge in [-0.15, -0.1) is 0 Å². The molecule has 0 aromatic heterocycles. The number of sulfone groups is 1. The lowest BCUT2D eigenvalue weighted by molar-refractivity contribution is -0.163. The number of amides is 1. The molecule has 3 N–H and O–H groups in total. The van der Waals surface area contributed by atoms with Crippen LogP contribution in [-0.2, 0) is 14.6 Å². The van der Waals surface area contributed by atoms with Crippen molar-refractivity contribution < 1.29 is 35.5 Å². The fraction of sp³-hybridized carbons (Fsp3) is 0.345. The van der Waals surface area contributed by atoms with Crippen LogP contribution in [0.2, 0.25) is 0 Å². The zero-order chi connectivity index (χ0) is 30.4. The topological polar surface area (TPSA) is 96.5 Å². The van der Waals surface area contributed by atoms with Crippen LogP contribution >= 0.6 is 0 Å². The van der Waals surface area contributed by atoms with Gasteiger partial charge in [0.15, 0.2) is 9.84 Å². The number of para-hydroxylation sites is 2. The fourth-order valence-electron chi connectivity index (χ4n) is 4.17. The maximum atomic E-state index is 15.1. The summed E-state index contributed by atoms with van der Waals surface area (Å²) in [6, 6.07) is 14.2. The number of rotatable bonds is 12. The van der Waals surface area contributed by atoms with Crippen LogP contribution < -0.4 is 20.7 Å². The Hall–Kier alpha value is -3.64. The Labute approximate surface area is 237 Å². The average molecular weight is 596 g/mol. The van der Waals surface area contributed by atoms with Crippen molar-refractivity contribution in [2.45, 2.75) is 42.7 Å². The van der Waals surface area contributed by atoms with E-state index in [1.165, 1.54) is 43.5 Å². The molecule has 41 heavy (non-hydrogen) atoms. The quantitative estimate of drug-likeness (QED) is 0.194. The van der Waals surface area contributed by atoms with Crippen LogP contribution in [0.4, 0.5) is 23.2 Å². The molecule has 0 radical (unpaired) electrons. The van der Waals surface area contributed by atoms with Gasteiger partial charge in [-0.25, -0.2) is 12.8 Å². The smallest absolute Gasteiger partial charge is 0.407 e. The number of carbonyl (C=O) groups excluding carboxylic acids is 1. The third kappa shape index (κ3) is 8.67. The van der Waals surface area contributed by atoms with Gasteiger partial charge in [0.1, 0.15) is 23.5 Å². The highest BCUT2D eigenvalue weighted by Gasteiger charge is 2.46. The van der Waals surface area contributed by atoms with Crippen LogP contribution in [0.25, 0.3) is 11.1 Å². The van der Waals surface area contributed by atoms with Crippen molar-refractivity contribution in [1.82, 2.24) is 10.6 Å². The maximum absolute atomic E-state index is 15.1. The van der Waals surface area contributed by atoms with Gasteiger partial charge >= 0.3 is 6.18 Å². The molecule has 3 aromatic carbocycles. The van der Waals surface area contributed by atoms with Crippen LogP contribution in [0.1, 0.15) is 25.5 Å². The van der Waals surface area contributed by atoms with Crippen LogP contribution in [0, 0.1) is 0 Å². The van der Waals surface area contributed by atoms with Crippen LogP contribution in [0.15, 0.2) is 77.7 Å². The minimum atomic E-state index is -4.84. The summed E-state index contributed by atoms with van der Waals surface area (Å²) in [4.78, 5) is 13.0. The lowest BCUT2D eigenvalue weighted by Crippen LogP contribution is -2.57. The molecule has 0 bridgehead atoms. The van der Waals surface area contributed by atoms with E-state index >= 15 is 4.39 Å². The molecule has 0 saturated heterocycles. The molecule has 0 aliphatic rings. The zero-order valence-electron chi connectivity index (χ0n) is 23.1. The summed E-state index contributed by atoms with van der Waals surface area (Å²) in [6.07, 6.45) is -3.76. The van der Waals surface area contributed by atoms with Gasteiger partial charge in [-0.1, -0.05) is 48.5 Å². The number of nitrogens with one attached hydrogen (secondary N) is 3. The molecule has 0 heterocycles. The summed E-state index contributed by atoms with van der Waals surface area (Å²) >= 11 is 0. The van der Waals surface area contributed by atoms with Gasteiger partial charge in [0.05, 0.1) is 17.7 Å². The summed E-state index contributed by atoms with van der Waals surface area (Å²) < 4.78 is 86.2. The predicted molar refractivity (Wildman–Crippen MR) is 150 cm³/mol. The first kappa shape index (κ1) is 31.9. The van der Waals surface area contributed by atoms with Gasteiger partial charge < -0.3 is 15.4 Å². The third-order valence-corrected chi connectivity index (χ3v) is 7.44. The van der Waals surface area contributed by atoms with Gasteiger partial charge in [-0.05, 0) is 54.8 Å². The zero-order valence-corrected chi connectivity index (χ0v) is 23.9. The highest BCUT2D eigenvalue weighted by Crippen LogP contribution is 2.35. The maximum Gasteiger partial charge on any atom is 0.407 e. The van der Waals surface area contributed by atoms with E-state index in [-0.39, 0.29) is 23.5 Å². The highest BCUT2D eigenvalue weighted by atomic mass is 32.2. The number of carbonyl (C=O) groups is 1. The summed E-state index contributed by atoms with van der Waals surface area (Å²) in [5.74, 6) is -0.343. The van der Waals surface area contributed by atoms with Crippen LogP contribution in [0.5, 0.6) is 5.75 Å². The van der Waals surface area contributed by atoms with E-state index in [0.29, 0.717) is 22.6 Å². The number of anilines is 1. The van der Waals surface area contributed by atoms with E-state index in [1.54, 1.807) is 36.4 Å². The van der Waals surface area contributed by atoms with Gasteiger partial charge in [-0.3, -0.25) is 10.1 Å². The number of halogens is 4. The van der Waals surface area contributed by atoms with E-state index in [2.05, 4.69) is 16.0 Å². The summed E-state index contributed by atoms with van der Waals surface area (Å²) in [7, 11) is -1.89. The molecule has 3 aromatic rings. The Balaban J connectivity index is 1.73. The molecule has 3 rings (SSSR count). The van der Waals surface area contributed by atoms with Crippen molar-refractivity contribution in [3.8, 4) is 16.9 Å². The van der Waals surface area contributed by atoms with E-state index in [0.717, 1.165) is 20.1 Å². The molecule has 0 fully saturated rings. The van der Waals surface area contributed by atoms with Crippen molar-refractivity contribution in [3.05, 3.63) is 78.4 Å². The molecule has 0 aliphatic carbocycles. The Morgan fingerprint density at radius 3 is 1.95 bits per heavy atom. The number of benzene rings is 3. The first-order chi connectivity index (χ1) is 19.1. The molecule has 12 heteroatoms. The third-order valence-electron chi connectivity index (χ3n) is 6.32. The number of alkyl halides is 4. The molecule has 0 aliphatic heterocycles. The SMILES string of the molecule is COc1ccccc1NCCNC(=O)C(NC(c1ccc(-c2ccc(S(C)(=O)=O)cc2)cc1)C(F)(F)F)C(C)(C)F. The Morgan fingerprint density at radius 1 is 0.878 bits per heavy atom. The molecule has 7 nitrogen and oxygen atoms in total. The largest absolute Gasteiger partial charge is 0.495 e.